The van der Waals surface area contributed by atoms with E-state index in [-0.39, 0.29) is 6.10 Å². The van der Waals surface area contributed by atoms with Crippen LogP contribution >= 0.6 is 0 Å². The van der Waals surface area contributed by atoms with Gasteiger partial charge in [-0.25, -0.2) is 0 Å². The van der Waals surface area contributed by atoms with Crippen LogP contribution in [0.1, 0.15) is 65.2 Å². The molecule has 11 nitrogen and oxygen atoms in total. The predicted octanol–water partition coefficient (Wildman–Crippen LogP) is -0.844. The Morgan fingerprint density at radius 1 is 0.676 bits per heavy atom. The predicted molar refractivity (Wildman–Crippen MR) is 120 cm³/mol. The maximum absolute atomic E-state index is 10.7. The summed E-state index contributed by atoms with van der Waals surface area (Å²) in [6.07, 6.45) is -5.75. The maximum Gasteiger partial charge on any atom is 0.187 e. The smallest absolute Gasteiger partial charge is 0.187 e. The van der Waals surface area contributed by atoms with Crippen LogP contribution in [-0.2, 0) is 18.9 Å². The van der Waals surface area contributed by atoms with E-state index < -0.39 is 74.6 Å². The lowest BCUT2D eigenvalue weighted by Gasteiger charge is -2.46. The zero-order valence-corrected chi connectivity index (χ0v) is 20.2. The Balaban J connectivity index is 1.87. The van der Waals surface area contributed by atoms with Gasteiger partial charge in [0.1, 0.15) is 48.8 Å². The molecule has 2 aliphatic rings. The number of rotatable bonds is 14. The molecular weight excluding hydrogens is 452 g/mol. The van der Waals surface area contributed by atoms with Crippen molar-refractivity contribution in [2.75, 3.05) is 13.2 Å². The van der Waals surface area contributed by atoms with Gasteiger partial charge in [-0.2, -0.15) is 0 Å². The summed E-state index contributed by atoms with van der Waals surface area (Å²) in [7, 11) is 0. The minimum Gasteiger partial charge on any atom is -0.394 e. The fourth-order valence-electron chi connectivity index (χ4n) is 4.35. The fourth-order valence-corrected chi connectivity index (χ4v) is 4.35. The first-order chi connectivity index (χ1) is 16.2. The zero-order chi connectivity index (χ0) is 25.3. The molecular formula is C23H44O11. The molecule has 2 rings (SSSR count). The van der Waals surface area contributed by atoms with Crippen LogP contribution in [0.5, 0.6) is 0 Å². The summed E-state index contributed by atoms with van der Waals surface area (Å²) in [5.74, 6) is 0. The summed E-state index contributed by atoms with van der Waals surface area (Å²) in [4.78, 5) is 0. The van der Waals surface area contributed by atoms with Gasteiger partial charge in [-0.3, -0.25) is 0 Å². The molecule has 2 aliphatic heterocycles. The van der Waals surface area contributed by atoms with Gasteiger partial charge in [0, 0.05) is 0 Å². The Hall–Kier alpha value is -0.440. The van der Waals surface area contributed by atoms with E-state index in [0.717, 1.165) is 25.7 Å². The molecule has 0 saturated carbocycles. The highest BCUT2D eigenvalue weighted by atomic mass is 16.7. The van der Waals surface area contributed by atoms with Crippen LogP contribution in [0.15, 0.2) is 0 Å². The summed E-state index contributed by atoms with van der Waals surface area (Å²) >= 11 is 0. The molecule has 2 saturated heterocycles. The van der Waals surface area contributed by atoms with Gasteiger partial charge in [-0.05, 0) is 13.3 Å². The van der Waals surface area contributed by atoms with Crippen LogP contribution in [-0.4, -0.2) is 116 Å². The van der Waals surface area contributed by atoms with Crippen molar-refractivity contribution in [2.24, 2.45) is 0 Å². The quantitative estimate of drug-likeness (QED) is 0.149. The second-order valence-corrected chi connectivity index (χ2v) is 9.36. The molecule has 0 radical (unpaired) electrons. The van der Waals surface area contributed by atoms with Crippen molar-refractivity contribution in [3.05, 3.63) is 0 Å². The van der Waals surface area contributed by atoms with Crippen LogP contribution < -0.4 is 0 Å². The molecule has 0 aromatic rings. The summed E-state index contributed by atoms with van der Waals surface area (Å²) < 4.78 is 22.3. The van der Waals surface area contributed by atoms with Gasteiger partial charge < -0.3 is 54.7 Å². The highest BCUT2D eigenvalue weighted by Gasteiger charge is 2.50. The van der Waals surface area contributed by atoms with E-state index >= 15 is 0 Å². The Bertz CT molecular complexity index is 549. The molecule has 0 aromatic carbocycles. The topological polar surface area (TPSA) is 179 Å². The molecule has 2 fully saturated rings. The minimum atomic E-state index is -1.70. The molecule has 11 atom stereocenters. The van der Waals surface area contributed by atoms with Gasteiger partial charge in [0.2, 0.25) is 0 Å². The van der Waals surface area contributed by atoms with E-state index in [2.05, 4.69) is 6.92 Å². The van der Waals surface area contributed by atoms with Crippen molar-refractivity contribution in [3.8, 4) is 0 Å². The molecule has 0 spiro atoms. The van der Waals surface area contributed by atoms with Gasteiger partial charge in [-0.1, -0.05) is 51.9 Å². The molecule has 202 valence electrons. The normalized spacial score (nSPS) is 39.8. The first-order valence-electron chi connectivity index (χ1n) is 12.5. The van der Waals surface area contributed by atoms with Crippen molar-refractivity contribution < 1.29 is 54.7 Å². The SMILES string of the molecule is CCCCCCCCC[C@H](C)OC1OC(CO)[C@@H](O[C@H]2OC(CO)[C@@H](O)C(O)C2O)C(O)C1O. The fraction of sp³-hybridized carbons (Fsp3) is 1.00. The third kappa shape index (κ3) is 8.04. The number of aliphatic hydroxyl groups excluding tert-OH is 7. The zero-order valence-electron chi connectivity index (χ0n) is 20.2. The van der Waals surface area contributed by atoms with Crippen LogP contribution in [0, 0.1) is 0 Å². The highest BCUT2D eigenvalue weighted by Crippen LogP contribution is 2.30. The van der Waals surface area contributed by atoms with Crippen molar-refractivity contribution in [1.29, 1.82) is 0 Å². The van der Waals surface area contributed by atoms with Crippen molar-refractivity contribution in [1.82, 2.24) is 0 Å². The van der Waals surface area contributed by atoms with Gasteiger partial charge >= 0.3 is 0 Å². The summed E-state index contributed by atoms with van der Waals surface area (Å²) in [6, 6.07) is 0. The number of aliphatic hydroxyl groups is 7. The first-order valence-corrected chi connectivity index (χ1v) is 12.5. The standard InChI is InChI=1S/C23H44O11/c1-3-4-5-6-7-8-9-10-13(2)31-22-20(30)18(28)21(15(12-25)33-22)34-23-19(29)17(27)16(26)14(11-24)32-23/h13-30H,3-12H2,1-2H3/t13-,14?,15?,16+,17?,18?,19?,20?,21+,22?,23+/m0/s1. The Labute approximate surface area is 201 Å². The first kappa shape index (κ1) is 29.8. The monoisotopic (exact) mass is 496 g/mol. The second-order valence-electron chi connectivity index (χ2n) is 9.36. The van der Waals surface area contributed by atoms with E-state index in [4.69, 9.17) is 18.9 Å². The molecule has 0 bridgehead atoms. The number of ether oxygens (including phenoxy) is 4. The van der Waals surface area contributed by atoms with Crippen LogP contribution in [0.4, 0.5) is 0 Å². The third-order valence-electron chi connectivity index (χ3n) is 6.54. The van der Waals surface area contributed by atoms with Gasteiger partial charge in [0.25, 0.3) is 0 Å². The molecule has 7 N–H and O–H groups in total. The summed E-state index contributed by atoms with van der Waals surface area (Å²) in [6.45, 7) is 2.80. The van der Waals surface area contributed by atoms with E-state index in [1.807, 2.05) is 6.92 Å². The van der Waals surface area contributed by atoms with Crippen molar-refractivity contribution in [3.63, 3.8) is 0 Å². The molecule has 0 aliphatic carbocycles. The number of hydrogen-bond donors (Lipinski definition) is 7. The summed E-state index contributed by atoms with van der Waals surface area (Å²) in [5.41, 5.74) is 0. The van der Waals surface area contributed by atoms with Gasteiger partial charge in [-0.15, -0.1) is 0 Å². The van der Waals surface area contributed by atoms with E-state index in [1.54, 1.807) is 0 Å². The Kier molecular flexibility index (Phi) is 13.1. The lowest BCUT2D eigenvalue weighted by molar-refractivity contribution is -0.362. The lowest BCUT2D eigenvalue weighted by atomic mass is 9.97. The van der Waals surface area contributed by atoms with Crippen molar-refractivity contribution >= 4 is 0 Å². The average molecular weight is 497 g/mol. The summed E-state index contributed by atoms with van der Waals surface area (Å²) in [5, 5.41) is 70.3. The molecule has 2 heterocycles. The third-order valence-corrected chi connectivity index (χ3v) is 6.54. The molecule has 0 amide bonds. The Morgan fingerprint density at radius 2 is 1.24 bits per heavy atom. The van der Waals surface area contributed by atoms with E-state index in [1.165, 1.54) is 25.7 Å². The van der Waals surface area contributed by atoms with Crippen molar-refractivity contribution in [2.45, 2.75) is 133 Å². The number of hydrogen-bond acceptors (Lipinski definition) is 11. The minimum absolute atomic E-state index is 0.246. The number of unbranched alkanes of at least 4 members (excludes halogenated alkanes) is 6. The average Bonchev–Trinajstić information content (AvgIpc) is 2.83. The van der Waals surface area contributed by atoms with Crippen LogP contribution in [0.2, 0.25) is 0 Å². The van der Waals surface area contributed by atoms with Gasteiger partial charge in [0.05, 0.1) is 19.3 Å². The molecule has 0 aromatic heterocycles. The second kappa shape index (κ2) is 15.0. The van der Waals surface area contributed by atoms with E-state index in [0.29, 0.717) is 0 Å². The van der Waals surface area contributed by atoms with E-state index in [9.17, 15) is 35.7 Å². The molecule has 7 unspecified atom stereocenters. The highest BCUT2D eigenvalue weighted by molar-refractivity contribution is 4.94. The van der Waals surface area contributed by atoms with Crippen LogP contribution in [0.3, 0.4) is 0 Å². The molecule has 34 heavy (non-hydrogen) atoms. The van der Waals surface area contributed by atoms with Gasteiger partial charge in [0.15, 0.2) is 12.6 Å². The largest absolute Gasteiger partial charge is 0.394 e. The maximum atomic E-state index is 10.7. The lowest BCUT2D eigenvalue weighted by Crippen LogP contribution is -2.64. The Morgan fingerprint density at radius 3 is 1.85 bits per heavy atom. The molecule has 11 heteroatoms. The van der Waals surface area contributed by atoms with Crippen LogP contribution in [0.25, 0.3) is 0 Å².